The summed E-state index contributed by atoms with van der Waals surface area (Å²) in [4.78, 5) is 11.0. The predicted molar refractivity (Wildman–Crippen MR) is 48.7 cm³/mol. The van der Waals surface area contributed by atoms with Gasteiger partial charge in [0.15, 0.2) is 0 Å². The van der Waals surface area contributed by atoms with Crippen molar-refractivity contribution in [2.24, 2.45) is 5.73 Å². The Bertz CT molecular complexity index is 256. The van der Waals surface area contributed by atoms with E-state index >= 15 is 0 Å². The Morgan fingerprint density at radius 1 is 1.42 bits per heavy atom. The molecule has 0 saturated carbocycles. The minimum absolute atomic E-state index is 0.133. The molecule has 2 nitrogen and oxygen atoms in total. The monoisotopic (exact) mass is 163 g/mol. The van der Waals surface area contributed by atoms with Gasteiger partial charge in [-0.1, -0.05) is 37.3 Å². The Labute approximate surface area is 72.4 Å². The molecule has 0 bridgehead atoms. The first-order valence-electron chi connectivity index (χ1n) is 4.10. The van der Waals surface area contributed by atoms with Crippen molar-refractivity contribution in [3.05, 3.63) is 35.9 Å². The topological polar surface area (TPSA) is 43.1 Å². The molecule has 0 aliphatic rings. The summed E-state index contributed by atoms with van der Waals surface area (Å²) in [6.45, 7) is 1.96. The second-order valence-electron chi connectivity index (χ2n) is 2.77. The average Bonchev–Trinajstić information content (AvgIpc) is 2.07. The van der Waals surface area contributed by atoms with Crippen molar-refractivity contribution in [3.8, 4) is 0 Å². The Hall–Kier alpha value is -1.31. The zero-order valence-corrected chi connectivity index (χ0v) is 7.16. The lowest BCUT2D eigenvalue weighted by atomic mass is 9.96. The third-order valence-corrected chi connectivity index (χ3v) is 1.95. The van der Waals surface area contributed by atoms with Crippen molar-refractivity contribution < 1.29 is 4.79 Å². The van der Waals surface area contributed by atoms with Crippen LogP contribution >= 0.6 is 0 Å². The van der Waals surface area contributed by atoms with Gasteiger partial charge in [0.1, 0.15) is 0 Å². The first-order chi connectivity index (χ1) is 5.75. The number of nitrogens with two attached hydrogens (primary N) is 1. The van der Waals surface area contributed by atoms with Crippen LogP contribution in [0.2, 0.25) is 0 Å². The summed E-state index contributed by atoms with van der Waals surface area (Å²) in [5, 5.41) is 0. The molecule has 1 rings (SSSR count). The van der Waals surface area contributed by atoms with Gasteiger partial charge in [0.05, 0.1) is 5.92 Å². The summed E-state index contributed by atoms with van der Waals surface area (Å²) in [5.41, 5.74) is 6.25. The minimum atomic E-state index is -0.247. The molecule has 0 radical (unpaired) electrons. The zero-order chi connectivity index (χ0) is 8.97. The molecule has 0 spiro atoms. The van der Waals surface area contributed by atoms with E-state index in [0.717, 1.165) is 12.0 Å². The highest BCUT2D eigenvalue weighted by Gasteiger charge is 2.13. The van der Waals surface area contributed by atoms with E-state index in [9.17, 15) is 4.79 Å². The van der Waals surface area contributed by atoms with E-state index in [1.54, 1.807) is 0 Å². The maximum absolute atomic E-state index is 11.0. The molecule has 0 saturated heterocycles. The molecule has 1 aromatic rings. The van der Waals surface area contributed by atoms with Gasteiger partial charge in [-0.25, -0.2) is 0 Å². The van der Waals surface area contributed by atoms with Gasteiger partial charge in [-0.05, 0) is 12.0 Å². The van der Waals surface area contributed by atoms with Gasteiger partial charge in [-0.15, -0.1) is 0 Å². The number of rotatable bonds is 3. The van der Waals surface area contributed by atoms with Crippen LogP contribution in [0.1, 0.15) is 24.8 Å². The van der Waals surface area contributed by atoms with Crippen LogP contribution in [-0.4, -0.2) is 5.91 Å². The van der Waals surface area contributed by atoms with Gasteiger partial charge >= 0.3 is 0 Å². The second kappa shape index (κ2) is 3.90. The van der Waals surface area contributed by atoms with Crippen LogP contribution in [0, 0.1) is 0 Å². The molecule has 0 unspecified atom stereocenters. The lowest BCUT2D eigenvalue weighted by molar-refractivity contribution is -0.119. The quantitative estimate of drug-likeness (QED) is 0.723. The van der Waals surface area contributed by atoms with Crippen LogP contribution < -0.4 is 5.73 Å². The van der Waals surface area contributed by atoms with Gasteiger partial charge in [0.2, 0.25) is 5.91 Å². The molecule has 2 N–H and O–H groups in total. The smallest absolute Gasteiger partial charge is 0.224 e. The van der Waals surface area contributed by atoms with E-state index in [0.29, 0.717) is 0 Å². The van der Waals surface area contributed by atoms with Crippen molar-refractivity contribution in [2.75, 3.05) is 0 Å². The van der Waals surface area contributed by atoms with Gasteiger partial charge in [-0.2, -0.15) is 0 Å². The van der Waals surface area contributed by atoms with E-state index in [1.165, 1.54) is 0 Å². The standard InChI is InChI=1S/C10H13NO/c1-2-9(10(11)12)8-6-4-3-5-7-8/h3-7,9H,2H2,1H3,(H2,11,12)/t9-/m0/s1. The lowest BCUT2D eigenvalue weighted by Crippen LogP contribution is -2.20. The Balaban J connectivity index is 2.88. The third kappa shape index (κ3) is 1.84. The third-order valence-electron chi connectivity index (χ3n) is 1.95. The zero-order valence-electron chi connectivity index (χ0n) is 7.16. The number of benzene rings is 1. The molecule has 12 heavy (non-hydrogen) atoms. The van der Waals surface area contributed by atoms with Gasteiger partial charge in [0.25, 0.3) is 0 Å². The molecule has 2 heteroatoms. The Morgan fingerprint density at radius 3 is 2.42 bits per heavy atom. The van der Waals surface area contributed by atoms with Crippen molar-refractivity contribution in [3.63, 3.8) is 0 Å². The first kappa shape index (κ1) is 8.78. The molecule has 0 aromatic heterocycles. The predicted octanol–water partition coefficient (Wildman–Crippen LogP) is 1.67. The van der Waals surface area contributed by atoms with E-state index in [-0.39, 0.29) is 11.8 Å². The van der Waals surface area contributed by atoms with Crippen LogP contribution in [0.4, 0.5) is 0 Å². The van der Waals surface area contributed by atoms with Crippen LogP contribution in [0.5, 0.6) is 0 Å². The van der Waals surface area contributed by atoms with E-state index in [1.807, 2.05) is 37.3 Å². The van der Waals surface area contributed by atoms with E-state index in [2.05, 4.69) is 0 Å². The largest absolute Gasteiger partial charge is 0.369 e. The van der Waals surface area contributed by atoms with Crippen molar-refractivity contribution >= 4 is 5.91 Å². The van der Waals surface area contributed by atoms with Crippen LogP contribution in [0.15, 0.2) is 30.3 Å². The highest BCUT2D eigenvalue weighted by molar-refractivity contribution is 5.81. The number of hydrogen-bond acceptors (Lipinski definition) is 1. The molecule has 64 valence electrons. The number of primary amides is 1. The average molecular weight is 163 g/mol. The molecule has 0 aliphatic heterocycles. The van der Waals surface area contributed by atoms with Crippen molar-refractivity contribution in [1.29, 1.82) is 0 Å². The second-order valence-corrected chi connectivity index (χ2v) is 2.77. The molecule has 0 aliphatic carbocycles. The number of amides is 1. The molecule has 0 heterocycles. The Kier molecular flexibility index (Phi) is 2.86. The summed E-state index contributed by atoms with van der Waals surface area (Å²) in [5.74, 6) is -0.380. The van der Waals surface area contributed by atoms with Gasteiger partial charge < -0.3 is 5.73 Å². The fraction of sp³-hybridized carbons (Fsp3) is 0.300. The SMILES string of the molecule is CC[C@H](C(N)=O)c1ccccc1. The molecule has 1 aromatic carbocycles. The summed E-state index contributed by atoms with van der Waals surface area (Å²) in [6.07, 6.45) is 0.763. The fourth-order valence-corrected chi connectivity index (χ4v) is 1.29. The first-order valence-corrected chi connectivity index (χ1v) is 4.10. The van der Waals surface area contributed by atoms with Crippen molar-refractivity contribution in [1.82, 2.24) is 0 Å². The maximum Gasteiger partial charge on any atom is 0.224 e. The summed E-state index contributed by atoms with van der Waals surface area (Å²) >= 11 is 0. The van der Waals surface area contributed by atoms with Crippen LogP contribution in [0.3, 0.4) is 0 Å². The highest BCUT2D eigenvalue weighted by atomic mass is 16.1. The number of carbonyl (C=O) groups is 1. The van der Waals surface area contributed by atoms with Gasteiger partial charge in [0, 0.05) is 0 Å². The highest BCUT2D eigenvalue weighted by Crippen LogP contribution is 2.17. The van der Waals surface area contributed by atoms with Crippen molar-refractivity contribution in [2.45, 2.75) is 19.3 Å². The fourth-order valence-electron chi connectivity index (χ4n) is 1.29. The molecule has 1 amide bonds. The number of hydrogen-bond donors (Lipinski definition) is 1. The normalized spacial score (nSPS) is 12.4. The number of carbonyl (C=O) groups excluding carboxylic acids is 1. The summed E-state index contributed by atoms with van der Waals surface area (Å²) < 4.78 is 0. The molecular formula is C10H13NO. The minimum Gasteiger partial charge on any atom is -0.369 e. The Morgan fingerprint density at radius 2 is 2.00 bits per heavy atom. The molecule has 1 atom stereocenters. The van der Waals surface area contributed by atoms with E-state index < -0.39 is 0 Å². The van der Waals surface area contributed by atoms with Crippen LogP contribution in [0.25, 0.3) is 0 Å². The van der Waals surface area contributed by atoms with Gasteiger partial charge in [-0.3, -0.25) is 4.79 Å². The van der Waals surface area contributed by atoms with Crippen LogP contribution in [-0.2, 0) is 4.79 Å². The summed E-state index contributed by atoms with van der Waals surface area (Å²) in [7, 11) is 0. The molecular weight excluding hydrogens is 150 g/mol. The molecule has 0 fully saturated rings. The van der Waals surface area contributed by atoms with E-state index in [4.69, 9.17) is 5.73 Å². The summed E-state index contributed by atoms with van der Waals surface area (Å²) in [6, 6.07) is 9.62. The lowest BCUT2D eigenvalue weighted by Gasteiger charge is -2.09. The maximum atomic E-state index is 11.0.